The molecule has 1 N–H and O–H groups in total. The molecule has 3 rings (SSSR count). The molecule has 1 saturated heterocycles. The topological polar surface area (TPSA) is 46.2 Å². The van der Waals surface area contributed by atoms with Crippen LogP contribution in [0.5, 0.6) is 17.2 Å². The van der Waals surface area contributed by atoms with Gasteiger partial charge < -0.3 is 29.3 Å². The minimum absolute atomic E-state index is 0.616. The first-order valence-corrected chi connectivity index (χ1v) is 9.69. The molecule has 2 aromatic rings. The summed E-state index contributed by atoms with van der Waals surface area (Å²) >= 11 is 5.58. The third-order valence-electron chi connectivity index (χ3n) is 4.88. The second kappa shape index (κ2) is 9.50. The van der Waals surface area contributed by atoms with Crippen LogP contribution in [0.2, 0.25) is 0 Å². The van der Waals surface area contributed by atoms with Gasteiger partial charge in [-0.3, -0.25) is 0 Å². The first-order valence-electron chi connectivity index (χ1n) is 9.28. The molecular formula is C21H27N3O3S. The number of rotatable bonds is 6. The smallest absolute Gasteiger partial charge is 0.205 e. The highest BCUT2D eigenvalue weighted by Gasteiger charge is 2.24. The lowest BCUT2D eigenvalue weighted by atomic mass is 10.2. The van der Waals surface area contributed by atoms with Crippen LogP contribution in [0.3, 0.4) is 0 Å². The van der Waals surface area contributed by atoms with E-state index in [4.69, 9.17) is 26.4 Å². The van der Waals surface area contributed by atoms with Gasteiger partial charge in [0, 0.05) is 32.7 Å². The maximum absolute atomic E-state index is 5.63. The summed E-state index contributed by atoms with van der Waals surface area (Å²) < 4.78 is 16.5. The number of methoxy groups -OCH3 is 3. The lowest BCUT2D eigenvalue weighted by molar-refractivity contribution is 0.322. The van der Waals surface area contributed by atoms with Crippen LogP contribution in [0.1, 0.15) is 5.56 Å². The Morgan fingerprint density at radius 3 is 2.18 bits per heavy atom. The van der Waals surface area contributed by atoms with E-state index in [2.05, 4.69) is 27.2 Å². The van der Waals surface area contributed by atoms with E-state index >= 15 is 0 Å². The van der Waals surface area contributed by atoms with Crippen LogP contribution in [-0.4, -0.2) is 57.5 Å². The molecule has 0 amide bonds. The quantitative estimate of drug-likeness (QED) is 0.747. The number of hydrogen-bond acceptors (Lipinski definition) is 5. The third kappa shape index (κ3) is 4.42. The average molecular weight is 402 g/mol. The normalized spacial score (nSPS) is 13.8. The zero-order valence-corrected chi connectivity index (χ0v) is 17.4. The summed E-state index contributed by atoms with van der Waals surface area (Å²) in [5.74, 6) is 1.97. The Bertz CT molecular complexity index is 793. The Hall–Kier alpha value is -2.67. The highest BCUT2D eigenvalue weighted by molar-refractivity contribution is 7.80. The standard InChI is InChI=1S/C21H27N3O3S/c1-25-18-10-9-17(19(26-2)20(18)27-3)23-11-13-24(14-12-23)21(28)22-15-16-7-5-4-6-8-16/h4-10H,11-15H2,1-3H3,(H,22,28). The van der Waals surface area contributed by atoms with Crippen LogP contribution in [0.25, 0.3) is 0 Å². The third-order valence-corrected chi connectivity index (χ3v) is 5.28. The maximum Gasteiger partial charge on any atom is 0.205 e. The van der Waals surface area contributed by atoms with E-state index in [0.717, 1.165) is 43.5 Å². The maximum atomic E-state index is 5.63. The predicted octanol–water partition coefficient (Wildman–Crippen LogP) is 2.91. The summed E-state index contributed by atoms with van der Waals surface area (Å²) in [4.78, 5) is 4.50. The molecule has 1 aliphatic rings. The molecule has 1 fully saturated rings. The second-order valence-electron chi connectivity index (χ2n) is 6.47. The van der Waals surface area contributed by atoms with Gasteiger partial charge in [-0.15, -0.1) is 0 Å². The van der Waals surface area contributed by atoms with E-state index in [0.29, 0.717) is 17.2 Å². The minimum atomic E-state index is 0.616. The molecule has 7 heteroatoms. The van der Waals surface area contributed by atoms with Crippen molar-refractivity contribution < 1.29 is 14.2 Å². The van der Waals surface area contributed by atoms with E-state index in [-0.39, 0.29) is 0 Å². The predicted molar refractivity (Wildman–Crippen MR) is 116 cm³/mol. The zero-order chi connectivity index (χ0) is 19.9. The number of nitrogens with one attached hydrogen (secondary N) is 1. The molecule has 150 valence electrons. The molecule has 0 radical (unpaired) electrons. The largest absolute Gasteiger partial charge is 0.493 e. The number of anilines is 1. The van der Waals surface area contributed by atoms with Crippen LogP contribution in [-0.2, 0) is 6.54 Å². The molecule has 28 heavy (non-hydrogen) atoms. The number of thiocarbonyl (C=S) groups is 1. The number of nitrogens with zero attached hydrogens (tertiary/aromatic N) is 2. The molecular weight excluding hydrogens is 374 g/mol. The summed E-state index contributed by atoms with van der Waals surface area (Å²) in [7, 11) is 4.90. The molecule has 6 nitrogen and oxygen atoms in total. The van der Waals surface area contributed by atoms with Gasteiger partial charge in [-0.05, 0) is 29.9 Å². The van der Waals surface area contributed by atoms with Crippen LogP contribution < -0.4 is 24.4 Å². The van der Waals surface area contributed by atoms with Crippen molar-refractivity contribution in [3.05, 3.63) is 48.0 Å². The second-order valence-corrected chi connectivity index (χ2v) is 6.86. The highest BCUT2D eigenvalue weighted by Crippen LogP contribution is 2.44. The summed E-state index contributed by atoms with van der Waals surface area (Å²) in [6, 6.07) is 14.2. The van der Waals surface area contributed by atoms with Gasteiger partial charge in [0.05, 0.1) is 27.0 Å². The van der Waals surface area contributed by atoms with Gasteiger partial charge in [-0.25, -0.2) is 0 Å². The van der Waals surface area contributed by atoms with Crippen LogP contribution in [0.4, 0.5) is 5.69 Å². The van der Waals surface area contributed by atoms with Crippen molar-refractivity contribution in [2.75, 3.05) is 52.4 Å². The summed E-state index contributed by atoms with van der Waals surface area (Å²) in [6.07, 6.45) is 0. The van der Waals surface area contributed by atoms with Crippen LogP contribution >= 0.6 is 12.2 Å². The Morgan fingerprint density at radius 1 is 0.893 bits per heavy atom. The Kier molecular flexibility index (Phi) is 6.81. The Balaban J connectivity index is 1.61. The van der Waals surface area contributed by atoms with Gasteiger partial charge >= 0.3 is 0 Å². The summed E-state index contributed by atoms with van der Waals surface area (Å²) in [5.41, 5.74) is 2.22. The lowest BCUT2D eigenvalue weighted by Crippen LogP contribution is -2.51. The van der Waals surface area contributed by atoms with Crippen molar-refractivity contribution in [3.63, 3.8) is 0 Å². The minimum Gasteiger partial charge on any atom is -0.493 e. The Labute approximate surface area is 172 Å². The Morgan fingerprint density at radius 2 is 1.57 bits per heavy atom. The molecule has 2 aromatic carbocycles. The van der Waals surface area contributed by atoms with E-state index in [1.165, 1.54) is 5.56 Å². The fourth-order valence-electron chi connectivity index (χ4n) is 3.37. The van der Waals surface area contributed by atoms with Crippen molar-refractivity contribution >= 4 is 23.0 Å². The molecule has 0 aromatic heterocycles. The van der Waals surface area contributed by atoms with E-state index in [1.807, 2.05) is 30.3 Å². The van der Waals surface area contributed by atoms with Crippen molar-refractivity contribution in [1.82, 2.24) is 10.2 Å². The van der Waals surface area contributed by atoms with Crippen molar-refractivity contribution in [3.8, 4) is 17.2 Å². The van der Waals surface area contributed by atoms with Gasteiger partial charge in [-0.1, -0.05) is 30.3 Å². The number of benzene rings is 2. The zero-order valence-electron chi connectivity index (χ0n) is 16.6. The fraction of sp³-hybridized carbons (Fsp3) is 0.381. The fourth-order valence-corrected chi connectivity index (χ4v) is 3.63. The van der Waals surface area contributed by atoms with E-state index < -0.39 is 0 Å². The monoisotopic (exact) mass is 401 g/mol. The van der Waals surface area contributed by atoms with E-state index in [1.54, 1.807) is 21.3 Å². The number of ether oxygens (including phenoxy) is 3. The average Bonchev–Trinajstić information content (AvgIpc) is 2.77. The molecule has 0 bridgehead atoms. The van der Waals surface area contributed by atoms with Gasteiger partial charge in [0.25, 0.3) is 0 Å². The SMILES string of the molecule is COc1ccc(N2CCN(C(=S)NCc3ccccc3)CC2)c(OC)c1OC. The number of piperazine rings is 1. The van der Waals surface area contributed by atoms with Crippen molar-refractivity contribution in [1.29, 1.82) is 0 Å². The molecule has 0 atom stereocenters. The number of hydrogen-bond donors (Lipinski definition) is 1. The molecule has 1 aliphatic heterocycles. The molecule has 0 saturated carbocycles. The van der Waals surface area contributed by atoms with Crippen LogP contribution in [0.15, 0.2) is 42.5 Å². The van der Waals surface area contributed by atoms with Crippen LogP contribution in [0, 0.1) is 0 Å². The molecule has 0 unspecified atom stereocenters. The lowest BCUT2D eigenvalue weighted by Gasteiger charge is -2.38. The van der Waals surface area contributed by atoms with Gasteiger partial charge in [-0.2, -0.15) is 0 Å². The molecule has 0 aliphatic carbocycles. The highest BCUT2D eigenvalue weighted by atomic mass is 32.1. The first kappa shape index (κ1) is 20.1. The van der Waals surface area contributed by atoms with Crippen molar-refractivity contribution in [2.45, 2.75) is 6.54 Å². The first-order chi connectivity index (χ1) is 13.7. The molecule has 0 spiro atoms. The molecule has 1 heterocycles. The van der Waals surface area contributed by atoms with Gasteiger partial charge in [0.15, 0.2) is 16.6 Å². The van der Waals surface area contributed by atoms with Gasteiger partial charge in [0.2, 0.25) is 5.75 Å². The van der Waals surface area contributed by atoms with Gasteiger partial charge in [0.1, 0.15) is 0 Å². The summed E-state index contributed by atoms with van der Waals surface area (Å²) in [6.45, 7) is 4.12. The summed E-state index contributed by atoms with van der Waals surface area (Å²) in [5, 5.41) is 4.15. The van der Waals surface area contributed by atoms with E-state index in [9.17, 15) is 0 Å². The van der Waals surface area contributed by atoms with Crippen molar-refractivity contribution in [2.24, 2.45) is 0 Å².